The molecule has 1 aromatic rings. The van der Waals surface area contributed by atoms with Crippen molar-refractivity contribution in [3.63, 3.8) is 0 Å². The molecule has 20 heavy (non-hydrogen) atoms. The first-order chi connectivity index (χ1) is 9.29. The highest BCUT2D eigenvalue weighted by Crippen LogP contribution is 2.30. The third kappa shape index (κ3) is 3.58. The zero-order chi connectivity index (χ0) is 15.4. The van der Waals surface area contributed by atoms with Crippen LogP contribution >= 0.6 is 0 Å². The summed E-state index contributed by atoms with van der Waals surface area (Å²) in [5.74, 6) is -0.841. The van der Waals surface area contributed by atoms with Gasteiger partial charge < -0.3 is 15.5 Å². The number of aliphatic carboxylic acids is 1. The van der Waals surface area contributed by atoms with Crippen LogP contribution in [0.3, 0.4) is 0 Å². The first kappa shape index (κ1) is 16.7. The molecule has 4 nitrogen and oxygen atoms in total. The van der Waals surface area contributed by atoms with Crippen molar-refractivity contribution in [3.8, 4) is 0 Å². The third-order valence-electron chi connectivity index (χ3n) is 4.14. The van der Waals surface area contributed by atoms with Gasteiger partial charge in [-0.2, -0.15) is 0 Å². The van der Waals surface area contributed by atoms with Crippen LogP contribution < -0.4 is 5.32 Å². The molecule has 0 aliphatic carbocycles. The topological polar surface area (TPSA) is 69.6 Å². The van der Waals surface area contributed by atoms with E-state index in [1.165, 1.54) is 0 Å². The van der Waals surface area contributed by atoms with E-state index in [2.05, 4.69) is 11.4 Å². The summed E-state index contributed by atoms with van der Waals surface area (Å²) in [4.78, 5) is 10.7. The van der Waals surface area contributed by atoms with Crippen molar-refractivity contribution in [3.05, 3.63) is 33.9 Å². The molecular weight excluding hydrogens is 254 g/mol. The van der Waals surface area contributed by atoms with E-state index in [4.69, 9.17) is 5.11 Å². The maximum atomic E-state index is 10.7. The zero-order valence-electron chi connectivity index (χ0n) is 12.9. The summed E-state index contributed by atoms with van der Waals surface area (Å²) in [6.45, 7) is 8.07. The molecule has 0 amide bonds. The predicted molar refractivity (Wildman–Crippen MR) is 80.1 cm³/mol. The lowest BCUT2D eigenvalue weighted by Gasteiger charge is -2.27. The number of likely N-dealkylation sites (N-methyl/N-ethyl adjacent to an activating group) is 1. The number of hydrogen-bond donors (Lipinski definition) is 3. The summed E-state index contributed by atoms with van der Waals surface area (Å²) in [5.41, 5.74) is 5.38. The van der Waals surface area contributed by atoms with Gasteiger partial charge in [0.1, 0.15) is 0 Å². The fraction of sp³-hybridized carbons (Fsp3) is 0.562. The van der Waals surface area contributed by atoms with Crippen LogP contribution in [0.4, 0.5) is 0 Å². The number of aliphatic hydroxyl groups is 1. The van der Waals surface area contributed by atoms with Crippen LogP contribution in [0.1, 0.15) is 46.8 Å². The minimum absolute atomic E-state index is 0.0471. The molecule has 1 aromatic carbocycles. The Bertz CT molecular complexity index is 471. The van der Waals surface area contributed by atoms with Gasteiger partial charge in [0.05, 0.1) is 6.10 Å². The zero-order valence-corrected chi connectivity index (χ0v) is 12.9. The van der Waals surface area contributed by atoms with E-state index in [1.54, 1.807) is 7.05 Å². The molecule has 0 aromatic heterocycles. The van der Waals surface area contributed by atoms with Crippen LogP contribution in [-0.2, 0) is 4.79 Å². The second kappa shape index (κ2) is 6.86. The Kier molecular flexibility index (Phi) is 5.72. The van der Waals surface area contributed by atoms with Gasteiger partial charge in [0, 0.05) is 12.5 Å². The first-order valence-electron chi connectivity index (χ1n) is 6.94. The van der Waals surface area contributed by atoms with Crippen molar-refractivity contribution < 1.29 is 15.0 Å². The van der Waals surface area contributed by atoms with Crippen LogP contribution in [0.15, 0.2) is 6.07 Å². The third-order valence-corrected chi connectivity index (χ3v) is 4.14. The number of carbonyl (C=O) groups is 1. The van der Waals surface area contributed by atoms with Gasteiger partial charge in [-0.15, -0.1) is 0 Å². The Morgan fingerprint density at radius 1 is 1.20 bits per heavy atom. The second-order valence-corrected chi connectivity index (χ2v) is 5.45. The summed E-state index contributed by atoms with van der Waals surface area (Å²) in [7, 11) is 1.75. The fourth-order valence-corrected chi connectivity index (χ4v) is 2.63. The van der Waals surface area contributed by atoms with Gasteiger partial charge >= 0.3 is 5.97 Å². The van der Waals surface area contributed by atoms with Crippen LogP contribution in [0.5, 0.6) is 0 Å². The highest BCUT2D eigenvalue weighted by Gasteiger charge is 2.24. The number of carboxylic acid groups (broad SMARTS) is 1. The Morgan fingerprint density at radius 3 is 2.10 bits per heavy atom. The van der Waals surface area contributed by atoms with Crippen LogP contribution in [-0.4, -0.2) is 29.3 Å². The molecule has 3 N–H and O–H groups in total. The maximum Gasteiger partial charge on any atom is 0.303 e. The Labute approximate surface area is 120 Å². The molecule has 0 bridgehead atoms. The molecule has 0 aliphatic rings. The van der Waals surface area contributed by atoms with E-state index >= 15 is 0 Å². The van der Waals surface area contributed by atoms with Gasteiger partial charge in [-0.25, -0.2) is 0 Å². The summed E-state index contributed by atoms with van der Waals surface area (Å²) >= 11 is 0. The largest absolute Gasteiger partial charge is 0.481 e. The highest BCUT2D eigenvalue weighted by atomic mass is 16.4. The first-order valence-corrected chi connectivity index (χ1v) is 6.94. The van der Waals surface area contributed by atoms with E-state index in [0.717, 1.165) is 27.8 Å². The number of aryl methyl sites for hydroxylation is 2. The molecule has 0 radical (unpaired) electrons. The average Bonchev–Trinajstić information content (AvgIpc) is 2.37. The van der Waals surface area contributed by atoms with Gasteiger partial charge in [-0.1, -0.05) is 6.07 Å². The molecular formula is C16H25NO3. The monoisotopic (exact) mass is 279 g/mol. The van der Waals surface area contributed by atoms with Crippen LogP contribution in [0.2, 0.25) is 0 Å². The minimum atomic E-state index is -0.841. The van der Waals surface area contributed by atoms with Gasteiger partial charge in [-0.05, 0) is 69.0 Å². The smallest absolute Gasteiger partial charge is 0.303 e. The molecule has 0 saturated carbocycles. The van der Waals surface area contributed by atoms with E-state index < -0.39 is 12.1 Å². The fourth-order valence-electron chi connectivity index (χ4n) is 2.63. The van der Waals surface area contributed by atoms with E-state index in [9.17, 15) is 9.90 Å². The second-order valence-electron chi connectivity index (χ2n) is 5.45. The van der Waals surface area contributed by atoms with E-state index in [0.29, 0.717) is 6.42 Å². The normalized spacial score (nSPS) is 14.1. The van der Waals surface area contributed by atoms with Crippen LogP contribution in [0.25, 0.3) is 0 Å². The molecule has 112 valence electrons. The van der Waals surface area contributed by atoms with Gasteiger partial charge in [0.25, 0.3) is 0 Å². The Balaban J connectivity index is 3.12. The Morgan fingerprint density at radius 2 is 1.70 bits per heavy atom. The van der Waals surface area contributed by atoms with E-state index in [-0.39, 0.29) is 12.5 Å². The molecule has 4 heteroatoms. The number of nitrogens with one attached hydrogen (secondary N) is 1. The maximum absolute atomic E-state index is 10.7. The Hall–Kier alpha value is -1.39. The van der Waals surface area contributed by atoms with Crippen molar-refractivity contribution in [1.82, 2.24) is 5.32 Å². The number of benzene rings is 1. The van der Waals surface area contributed by atoms with Gasteiger partial charge in [0.15, 0.2) is 0 Å². The lowest BCUT2D eigenvalue weighted by molar-refractivity contribution is -0.137. The minimum Gasteiger partial charge on any atom is -0.481 e. The number of aliphatic hydroxyl groups excluding tert-OH is 1. The van der Waals surface area contributed by atoms with Gasteiger partial charge in [0.2, 0.25) is 0 Å². The molecule has 0 heterocycles. The molecule has 1 rings (SSSR count). The molecule has 0 saturated heterocycles. The summed E-state index contributed by atoms with van der Waals surface area (Å²) in [6.07, 6.45) is -0.248. The molecule has 0 aliphatic heterocycles. The quantitative estimate of drug-likeness (QED) is 0.748. The van der Waals surface area contributed by atoms with Gasteiger partial charge in [-0.3, -0.25) is 4.79 Å². The highest BCUT2D eigenvalue weighted by molar-refractivity contribution is 5.66. The SMILES string of the molecule is CNC(CCC(=O)O)C(O)c1c(C)c(C)cc(C)c1C. The molecule has 0 fully saturated rings. The molecule has 2 atom stereocenters. The van der Waals surface area contributed by atoms with E-state index in [1.807, 2.05) is 27.7 Å². The predicted octanol–water partition coefficient (Wildman–Crippen LogP) is 2.41. The van der Waals surface area contributed by atoms with Crippen molar-refractivity contribution in [2.24, 2.45) is 0 Å². The van der Waals surface area contributed by atoms with Crippen molar-refractivity contribution >= 4 is 5.97 Å². The van der Waals surface area contributed by atoms with Crippen molar-refractivity contribution in [2.75, 3.05) is 7.05 Å². The number of hydrogen-bond acceptors (Lipinski definition) is 3. The molecule has 2 unspecified atom stereocenters. The summed E-state index contributed by atoms with van der Waals surface area (Å²) < 4.78 is 0. The number of carboxylic acids is 1. The standard InChI is InChI=1S/C16H25NO3/c1-9-8-10(2)12(4)15(11(9)3)16(20)13(17-5)6-7-14(18)19/h8,13,16-17,20H,6-7H2,1-5H3,(H,18,19). The average molecular weight is 279 g/mol. The van der Waals surface area contributed by atoms with Crippen molar-refractivity contribution in [1.29, 1.82) is 0 Å². The lowest BCUT2D eigenvalue weighted by Crippen LogP contribution is -2.33. The summed E-state index contributed by atoms with van der Waals surface area (Å²) in [5, 5.41) is 22.5. The van der Waals surface area contributed by atoms with Crippen molar-refractivity contribution in [2.45, 2.75) is 52.7 Å². The number of rotatable bonds is 6. The van der Waals surface area contributed by atoms with Crippen LogP contribution in [0, 0.1) is 27.7 Å². The molecule has 0 spiro atoms. The summed E-state index contributed by atoms with van der Waals surface area (Å²) in [6, 6.07) is 1.86. The lowest BCUT2D eigenvalue weighted by atomic mass is 9.87.